The van der Waals surface area contributed by atoms with E-state index in [0.717, 1.165) is 4.31 Å². The molecule has 2 aromatic carbocycles. The number of sulfonamides is 1. The second-order valence-corrected chi connectivity index (χ2v) is 9.49. The van der Waals surface area contributed by atoms with E-state index in [9.17, 15) is 18.0 Å². The van der Waals surface area contributed by atoms with Crippen molar-refractivity contribution in [2.75, 3.05) is 26.0 Å². The molecule has 1 aromatic heterocycles. The van der Waals surface area contributed by atoms with Gasteiger partial charge in [0.2, 0.25) is 10.0 Å². The zero-order valence-electron chi connectivity index (χ0n) is 17.0. The third kappa shape index (κ3) is 5.19. The largest absolute Gasteiger partial charge is 0.452 e. The second-order valence-electron chi connectivity index (χ2n) is 6.90. The number of aryl methyl sites for hydroxylation is 1. The summed E-state index contributed by atoms with van der Waals surface area (Å²) in [5.74, 6) is -1.31. The molecule has 0 unspecified atom stereocenters. The molecule has 1 heterocycles. The van der Waals surface area contributed by atoms with Gasteiger partial charge in [0.25, 0.3) is 5.91 Å². The average Bonchev–Trinajstić information content (AvgIpc) is 2.72. The van der Waals surface area contributed by atoms with Crippen LogP contribution in [0.2, 0.25) is 5.02 Å². The van der Waals surface area contributed by atoms with Crippen molar-refractivity contribution in [1.29, 1.82) is 0 Å². The van der Waals surface area contributed by atoms with Crippen molar-refractivity contribution in [1.82, 2.24) is 9.29 Å². The van der Waals surface area contributed by atoms with Crippen LogP contribution in [0.25, 0.3) is 10.9 Å². The molecule has 0 bridgehead atoms. The van der Waals surface area contributed by atoms with Gasteiger partial charge in [0.1, 0.15) is 0 Å². The van der Waals surface area contributed by atoms with E-state index in [-0.39, 0.29) is 16.1 Å². The minimum atomic E-state index is -3.64. The van der Waals surface area contributed by atoms with Crippen LogP contribution in [0.1, 0.15) is 16.1 Å². The van der Waals surface area contributed by atoms with E-state index in [0.29, 0.717) is 21.6 Å². The fourth-order valence-electron chi connectivity index (χ4n) is 2.80. The number of fused-ring (bicyclic) bond motifs is 1. The van der Waals surface area contributed by atoms with Crippen LogP contribution in [0.3, 0.4) is 0 Å². The summed E-state index contributed by atoms with van der Waals surface area (Å²) >= 11 is 5.99. The van der Waals surface area contributed by atoms with Crippen molar-refractivity contribution in [3.63, 3.8) is 0 Å². The minimum absolute atomic E-state index is 0.0313. The van der Waals surface area contributed by atoms with E-state index in [1.165, 1.54) is 38.4 Å². The van der Waals surface area contributed by atoms with Crippen LogP contribution in [0.4, 0.5) is 5.69 Å². The molecule has 3 rings (SSSR count). The van der Waals surface area contributed by atoms with Gasteiger partial charge in [0.15, 0.2) is 6.61 Å². The summed E-state index contributed by atoms with van der Waals surface area (Å²) < 4.78 is 30.6. The number of nitrogens with one attached hydrogen (secondary N) is 1. The lowest BCUT2D eigenvalue weighted by Crippen LogP contribution is -2.23. The smallest absolute Gasteiger partial charge is 0.340 e. The molecule has 0 saturated heterocycles. The summed E-state index contributed by atoms with van der Waals surface area (Å²) in [5.41, 5.74) is 1.63. The summed E-state index contributed by atoms with van der Waals surface area (Å²) in [6, 6.07) is 12.5. The number of hydrogen-bond donors (Lipinski definition) is 1. The number of carbonyl (C=O) groups excluding carboxylic acids is 2. The SMILES string of the molecule is Cc1nc2ccc(Cl)cc2cc1C(=O)OCC(=O)Nc1cccc(S(=O)(=O)N(C)C)c1. The van der Waals surface area contributed by atoms with Gasteiger partial charge in [0.05, 0.1) is 21.7 Å². The fourth-order valence-corrected chi connectivity index (χ4v) is 3.93. The molecule has 0 atom stereocenters. The topological polar surface area (TPSA) is 106 Å². The van der Waals surface area contributed by atoms with Gasteiger partial charge in [-0.3, -0.25) is 9.78 Å². The molecule has 0 fully saturated rings. The summed E-state index contributed by atoms with van der Waals surface area (Å²) in [7, 11) is -0.814. The molecule has 31 heavy (non-hydrogen) atoms. The maximum absolute atomic E-state index is 12.5. The van der Waals surface area contributed by atoms with E-state index in [4.69, 9.17) is 16.3 Å². The first kappa shape index (κ1) is 22.7. The number of ether oxygens (including phenoxy) is 1. The molecule has 0 radical (unpaired) electrons. The quantitative estimate of drug-likeness (QED) is 0.565. The summed E-state index contributed by atoms with van der Waals surface area (Å²) in [5, 5.41) is 3.70. The lowest BCUT2D eigenvalue weighted by atomic mass is 10.1. The van der Waals surface area contributed by atoms with Crippen LogP contribution in [0.5, 0.6) is 0 Å². The first-order valence-electron chi connectivity index (χ1n) is 9.14. The van der Waals surface area contributed by atoms with Crippen LogP contribution in [-0.2, 0) is 19.6 Å². The third-order valence-electron chi connectivity index (χ3n) is 4.42. The Balaban J connectivity index is 1.68. The number of carbonyl (C=O) groups is 2. The fraction of sp³-hybridized carbons (Fsp3) is 0.190. The zero-order valence-corrected chi connectivity index (χ0v) is 18.6. The van der Waals surface area contributed by atoms with Gasteiger partial charge < -0.3 is 10.1 Å². The number of rotatable bonds is 6. The molecular weight excluding hydrogens is 442 g/mol. The number of hydrogen-bond acceptors (Lipinski definition) is 6. The Hall–Kier alpha value is -3.01. The van der Waals surface area contributed by atoms with Crippen LogP contribution in [0.15, 0.2) is 53.4 Å². The summed E-state index contributed by atoms with van der Waals surface area (Å²) in [4.78, 5) is 29.0. The van der Waals surface area contributed by atoms with Crippen LogP contribution in [-0.4, -0.2) is 50.3 Å². The summed E-state index contributed by atoms with van der Waals surface area (Å²) in [6.07, 6.45) is 0. The van der Waals surface area contributed by atoms with Gasteiger partial charge in [-0.2, -0.15) is 0 Å². The van der Waals surface area contributed by atoms with Gasteiger partial charge in [-0.05, 0) is 49.4 Å². The van der Waals surface area contributed by atoms with Gasteiger partial charge in [-0.15, -0.1) is 0 Å². The highest BCUT2D eigenvalue weighted by atomic mass is 35.5. The number of amides is 1. The second kappa shape index (κ2) is 9.01. The first-order valence-corrected chi connectivity index (χ1v) is 11.0. The molecule has 1 amide bonds. The van der Waals surface area contributed by atoms with Crippen molar-refractivity contribution in [3.8, 4) is 0 Å². The van der Waals surface area contributed by atoms with E-state index >= 15 is 0 Å². The van der Waals surface area contributed by atoms with E-state index in [1.54, 1.807) is 31.2 Å². The number of anilines is 1. The molecule has 0 aliphatic rings. The molecular formula is C21H20ClN3O5S. The van der Waals surface area contributed by atoms with Crippen molar-refractivity contribution >= 4 is 50.1 Å². The van der Waals surface area contributed by atoms with Gasteiger partial charge in [-0.1, -0.05) is 17.7 Å². The summed E-state index contributed by atoms with van der Waals surface area (Å²) in [6.45, 7) is 1.12. The van der Waals surface area contributed by atoms with Crippen LogP contribution >= 0.6 is 11.6 Å². The molecule has 162 valence electrons. The molecule has 8 nitrogen and oxygen atoms in total. The average molecular weight is 462 g/mol. The van der Waals surface area contributed by atoms with Crippen molar-refractivity contribution in [2.45, 2.75) is 11.8 Å². The Bertz CT molecular complexity index is 1280. The highest BCUT2D eigenvalue weighted by molar-refractivity contribution is 7.89. The number of esters is 1. The molecule has 0 saturated carbocycles. The third-order valence-corrected chi connectivity index (χ3v) is 6.46. The molecule has 0 aliphatic carbocycles. The van der Waals surface area contributed by atoms with Crippen molar-refractivity contribution in [3.05, 3.63) is 64.8 Å². The van der Waals surface area contributed by atoms with Crippen LogP contribution in [0, 0.1) is 6.92 Å². The lowest BCUT2D eigenvalue weighted by molar-refractivity contribution is -0.119. The Labute approximate surface area is 184 Å². The van der Waals surface area contributed by atoms with Crippen molar-refractivity contribution in [2.24, 2.45) is 0 Å². The van der Waals surface area contributed by atoms with Gasteiger partial charge in [0, 0.05) is 30.2 Å². The highest BCUT2D eigenvalue weighted by Gasteiger charge is 2.18. The minimum Gasteiger partial charge on any atom is -0.452 e. The number of aromatic nitrogens is 1. The number of nitrogens with zero attached hydrogens (tertiary/aromatic N) is 2. The maximum Gasteiger partial charge on any atom is 0.340 e. The molecule has 0 spiro atoms. The standard InChI is InChI=1S/C21H20ClN3O5S/c1-13-18(10-14-9-15(22)7-8-19(14)23-13)21(27)30-12-20(26)24-16-5-4-6-17(11-16)31(28,29)25(2)3/h4-11H,12H2,1-3H3,(H,24,26). The van der Waals surface area contributed by atoms with Gasteiger partial charge >= 0.3 is 5.97 Å². The van der Waals surface area contributed by atoms with Gasteiger partial charge in [-0.25, -0.2) is 17.5 Å². The van der Waals surface area contributed by atoms with E-state index in [1.807, 2.05) is 0 Å². The molecule has 0 aliphatic heterocycles. The molecule has 1 N–H and O–H groups in total. The normalized spacial score (nSPS) is 11.5. The Morgan fingerprint density at radius 3 is 2.58 bits per heavy atom. The van der Waals surface area contributed by atoms with E-state index in [2.05, 4.69) is 10.3 Å². The predicted molar refractivity (Wildman–Crippen MR) is 118 cm³/mol. The highest BCUT2D eigenvalue weighted by Crippen LogP contribution is 2.21. The molecule has 3 aromatic rings. The zero-order chi connectivity index (χ0) is 22.8. The number of halogens is 1. The maximum atomic E-state index is 12.5. The lowest BCUT2D eigenvalue weighted by Gasteiger charge is -2.13. The van der Waals surface area contributed by atoms with Crippen molar-refractivity contribution < 1.29 is 22.7 Å². The Morgan fingerprint density at radius 1 is 1.13 bits per heavy atom. The number of benzene rings is 2. The van der Waals surface area contributed by atoms with Crippen LogP contribution < -0.4 is 5.32 Å². The molecule has 10 heteroatoms. The Kier molecular flexibility index (Phi) is 6.59. The van der Waals surface area contributed by atoms with E-state index < -0.39 is 28.5 Å². The monoisotopic (exact) mass is 461 g/mol. The number of pyridine rings is 1. The Morgan fingerprint density at radius 2 is 1.87 bits per heavy atom. The first-order chi connectivity index (χ1) is 14.6. The predicted octanol–water partition coefficient (Wildman–Crippen LogP) is 3.24.